The molecule has 0 aliphatic heterocycles. The maximum Gasteiger partial charge on any atom is 0.319 e. The summed E-state index contributed by atoms with van der Waals surface area (Å²) in [5.41, 5.74) is 0.600. The third kappa shape index (κ3) is 6.69. The molecule has 1 atom stereocenters. The predicted octanol–water partition coefficient (Wildman–Crippen LogP) is 3.41. The number of amides is 2. The average Bonchev–Trinajstić information content (AvgIpc) is 2.39. The van der Waals surface area contributed by atoms with E-state index in [1.807, 2.05) is 20.8 Å². The van der Waals surface area contributed by atoms with Crippen molar-refractivity contribution in [1.29, 1.82) is 0 Å². The summed E-state index contributed by atoms with van der Waals surface area (Å²) in [6.07, 6.45) is 1.43. The Morgan fingerprint density at radius 1 is 1.38 bits per heavy atom. The molecule has 0 fully saturated rings. The van der Waals surface area contributed by atoms with Crippen LogP contribution in [0.15, 0.2) is 18.2 Å². The number of carbonyl (C=O) groups is 1. The van der Waals surface area contributed by atoms with E-state index in [9.17, 15) is 4.79 Å². The zero-order chi connectivity index (χ0) is 15.8. The second kappa shape index (κ2) is 8.74. The Bertz CT molecular complexity index is 466. The predicted molar refractivity (Wildman–Crippen MR) is 85.2 cm³/mol. The molecule has 1 rings (SSSR count). The van der Waals surface area contributed by atoms with Crippen LogP contribution in [0.5, 0.6) is 5.75 Å². The van der Waals surface area contributed by atoms with Crippen LogP contribution in [-0.4, -0.2) is 29.9 Å². The van der Waals surface area contributed by atoms with Crippen molar-refractivity contribution in [3.8, 4) is 5.75 Å². The first-order valence-corrected chi connectivity index (χ1v) is 7.44. The van der Waals surface area contributed by atoms with Crippen molar-refractivity contribution in [2.24, 2.45) is 0 Å². The van der Waals surface area contributed by atoms with E-state index in [0.29, 0.717) is 22.9 Å². The van der Waals surface area contributed by atoms with Crippen LogP contribution in [0.4, 0.5) is 10.5 Å². The molecule has 0 bridgehead atoms. The fourth-order valence-corrected chi connectivity index (χ4v) is 2.01. The Kier molecular flexibility index (Phi) is 7.32. The number of aliphatic hydroxyl groups excluding tert-OH is 1. The van der Waals surface area contributed by atoms with Crippen molar-refractivity contribution in [1.82, 2.24) is 5.32 Å². The highest BCUT2D eigenvalue weighted by molar-refractivity contribution is 6.32. The Balaban J connectivity index is 2.54. The van der Waals surface area contributed by atoms with Gasteiger partial charge in [-0.05, 0) is 51.8 Å². The average molecular weight is 315 g/mol. The lowest BCUT2D eigenvalue weighted by Gasteiger charge is -2.15. The number of urea groups is 1. The van der Waals surface area contributed by atoms with Crippen molar-refractivity contribution in [2.75, 3.05) is 11.9 Å². The van der Waals surface area contributed by atoms with Crippen molar-refractivity contribution in [3.63, 3.8) is 0 Å². The van der Waals surface area contributed by atoms with Gasteiger partial charge in [-0.3, -0.25) is 0 Å². The number of halogens is 1. The van der Waals surface area contributed by atoms with Gasteiger partial charge in [0, 0.05) is 18.3 Å². The maximum atomic E-state index is 11.8. The molecule has 1 unspecified atom stereocenters. The number of aliphatic hydroxyl groups is 1. The number of rotatable bonds is 7. The van der Waals surface area contributed by atoms with Gasteiger partial charge in [-0.2, -0.15) is 0 Å². The van der Waals surface area contributed by atoms with Crippen molar-refractivity contribution in [3.05, 3.63) is 23.2 Å². The second-order valence-corrected chi connectivity index (χ2v) is 5.58. The lowest BCUT2D eigenvalue weighted by molar-refractivity contribution is 0.242. The van der Waals surface area contributed by atoms with E-state index in [-0.39, 0.29) is 24.8 Å². The molecule has 0 spiro atoms. The summed E-state index contributed by atoms with van der Waals surface area (Å²) < 4.78 is 5.53. The number of hydrogen-bond donors (Lipinski definition) is 3. The molecule has 5 nitrogen and oxygen atoms in total. The Morgan fingerprint density at radius 3 is 2.67 bits per heavy atom. The van der Waals surface area contributed by atoms with Crippen LogP contribution >= 0.6 is 11.6 Å². The highest BCUT2D eigenvalue weighted by Crippen LogP contribution is 2.28. The highest BCUT2D eigenvalue weighted by Gasteiger charge is 2.09. The zero-order valence-corrected chi connectivity index (χ0v) is 13.4. The van der Waals surface area contributed by atoms with Gasteiger partial charge in [-0.1, -0.05) is 11.6 Å². The molecule has 1 aromatic rings. The van der Waals surface area contributed by atoms with Gasteiger partial charge in [0.2, 0.25) is 0 Å². The standard InChI is InChI=1S/C15H23ClN2O3/c1-10(2)21-14-7-6-12(9-13(14)16)18-15(20)17-11(3)5-4-8-19/h6-7,9-11,19H,4-5,8H2,1-3H3,(H2,17,18,20). The van der Waals surface area contributed by atoms with Crippen LogP contribution < -0.4 is 15.4 Å². The fraction of sp³-hybridized carbons (Fsp3) is 0.533. The summed E-state index contributed by atoms with van der Waals surface area (Å²) in [5, 5.41) is 14.7. The van der Waals surface area contributed by atoms with E-state index < -0.39 is 0 Å². The molecular formula is C15H23ClN2O3. The molecule has 3 N–H and O–H groups in total. The first kappa shape index (κ1) is 17.6. The summed E-state index contributed by atoms with van der Waals surface area (Å²) in [4.78, 5) is 11.8. The molecule has 0 aliphatic carbocycles. The Morgan fingerprint density at radius 2 is 2.10 bits per heavy atom. The topological polar surface area (TPSA) is 70.6 Å². The molecule has 118 valence electrons. The number of nitrogens with one attached hydrogen (secondary N) is 2. The van der Waals surface area contributed by atoms with E-state index >= 15 is 0 Å². The number of ether oxygens (including phenoxy) is 1. The summed E-state index contributed by atoms with van der Waals surface area (Å²) in [6, 6.07) is 4.82. The van der Waals surface area contributed by atoms with E-state index in [0.717, 1.165) is 6.42 Å². The SMILES string of the molecule is CC(CCCO)NC(=O)Nc1ccc(OC(C)C)c(Cl)c1. The van der Waals surface area contributed by atoms with Crippen LogP contribution in [0.25, 0.3) is 0 Å². The smallest absolute Gasteiger partial charge is 0.319 e. The minimum absolute atomic E-state index is 0.00355. The summed E-state index contributed by atoms with van der Waals surface area (Å²) in [5.74, 6) is 0.592. The third-order valence-electron chi connectivity index (χ3n) is 2.73. The largest absolute Gasteiger partial charge is 0.489 e. The molecule has 1 aromatic carbocycles. The molecule has 0 saturated heterocycles. The van der Waals surface area contributed by atoms with Crippen molar-refractivity contribution in [2.45, 2.75) is 45.8 Å². The Labute approximate surface area is 130 Å². The van der Waals surface area contributed by atoms with Gasteiger partial charge in [0.25, 0.3) is 0 Å². The van der Waals surface area contributed by atoms with Crippen LogP contribution in [0.2, 0.25) is 5.02 Å². The second-order valence-electron chi connectivity index (χ2n) is 5.18. The molecule has 0 aromatic heterocycles. The quantitative estimate of drug-likeness (QED) is 0.722. The van der Waals surface area contributed by atoms with Gasteiger partial charge in [-0.15, -0.1) is 0 Å². The van der Waals surface area contributed by atoms with E-state index in [1.54, 1.807) is 18.2 Å². The molecule has 2 amide bonds. The third-order valence-corrected chi connectivity index (χ3v) is 3.02. The van der Waals surface area contributed by atoms with Crippen LogP contribution in [0, 0.1) is 0 Å². The van der Waals surface area contributed by atoms with Crippen molar-refractivity contribution >= 4 is 23.3 Å². The van der Waals surface area contributed by atoms with E-state index in [2.05, 4.69) is 10.6 Å². The molecule has 6 heteroatoms. The molecule has 0 heterocycles. The maximum absolute atomic E-state index is 11.8. The van der Waals surface area contributed by atoms with Gasteiger partial charge in [0.15, 0.2) is 0 Å². The number of hydrogen-bond acceptors (Lipinski definition) is 3. The minimum Gasteiger partial charge on any atom is -0.489 e. The number of carbonyl (C=O) groups excluding carboxylic acids is 1. The van der Waals surface area contributed by atoms with Crippen molar-refractivity contribution < 1.29 is 14.6 Å². The molecule has 0 radical (unpaired) electrons. The first-order valence-electron chi connectivity index (χ1n) is 7.07. The zero-order valence-electron chi connectivity index (χ0n) is 12.6. The first-order chi connectivity index (χ1) is 9.92. The fourth-order valence-electron chi connectivity index (χ4n) is 1.79. The van der Waals surface area contributed by atoms with Gasteiger partial charge in [0.05, 0.1) is 11.1 Å². The molecule has 21 heavy (non-hydrogen) atoms. The summed E-state index contributed by atoms with van der Waals surface area (Å²) in [7, 11) is 0. The van der Waals surface area contributed by atoms with Gasteiger partial charge < -0.3 is 20.5 Å². The lowest BCUT2D eigenvalue weighted by atomic mass is 10.2. The van der Waals surface area contributed by atoms with Gasteiger partial charge in [0.1, 0.15) is 5.75 Å². The normalized spacial score (nSPS) is 12.1. The lowest BCUT2D eigenvalue weighted by Crippen LogP contribution is -2.36. The molecule has 0 saturated carbocycles. The minimum atomic E-state index is -0.297. The number of benzene rings is 1. The molecule has 0 aliphatic rings. The summed E-state index contributed by atoms with van der Waals surface area (Å²) in [6.45, 7) is 5.86. The van der Waals surface area contributed by atoms with Gasteiger partial charge >= 0.3 is 6.03 Å². The highest BCUT2D eigenvalue weighted by atomic mass is 35.5. The van der Waals surface area contributed by atoms with E-state index in [1.165, 1.54) is 0 Å². The van der Waals surface area contributed by atoms with Crippen LogP contribution in [-0.2, 0) is 0 Å². The Hall–Kier alpha value is -1.46. The number of anilines is 1. The summed E-state index contributed by atoms with van der Waals surface area (Å²) >= 11 is 6.11. The van der Waals surface area contributed by atoms with E-state index in [4.69, 9.17) is 21.4 Å². The van der Waals surface area contributed by atoms with Gasteiger partial charge in [-0.25, -0.2) is 4.79 Å². The van der Waals surface area contributed by atoms with Crippen LogP contribution in [0.1, 0.15) is 33.6 Å². The van der Waals surface area contributed by atoms with Crippen LogP contribution in [0.3, 0.4) is 0 Å². The monoisotopic (exact) mass is 314 g/mol. The molecular weight excluding hydrogens is 292 g/mol.